The quantitative estimate of drug-likeness (QED) is 0.858. The lowest BCUT2D eigenvalue weighted by Gasteiger charge is -2.24. The summed E-state index contributed by atoms with van der Waals surface area (Å²) in [6, 6.07) is 17.7. The Morgan fingerprint density at radius 3 is 2.32 bits per heavy atom. The second-order valence-electron chi connectivity index (χ2n) is 8.23. The standard InChI is InChI=1S/C23H28N2O3/c1-23(2,3)28-22(27)25-14-13-17(16-25)15-24-21(26)20-11-9-19(10-12-20)18-7-5-4-6-8-18/h4-12,17H,13-16H2,1-3H3,(H,24,26). The van der Waals surface area contributed by atoms with Crippen LogP contribution in [-0.4, -0.2) is 42.1 Å². The lowest BCUT2D eigenvalue weighted by molar-refractivity contribution is 0.0288. The van der Waals surface area contributed by atoms with Gasteiger partial charge in [-0.25, -0.2) is 4.79 Å². The topological polar surface area (TPSA) is 58.6 Å². The van der Waals surface area contributed by atoms with Crippen molar-refractivity contribution in [1.82, 2.24) is 10.2 Å². The van der Waals surface area contributed by atoms with Gasteiger partial charge in [-0.05, 0) is 56.4 Å². The van der Waals surface area contributed by atoms with Crippen LogP contribution in [-0.2, 0) is 4.74 Å². The third-order valence-corrected chi connectivity index (χ3v) is 4.74. The average Bonchev–Trinajstić information content (AvgIpc) is 3.15. The van der Waals surface area contributed by atoms with Gasteiger partial charge in [-0.1, -0.05) is 42.5 Å². The second kappa shape index (κ2) is 8.46. The molecule has 1 aliphatic rings. The Labute approximate surface area is 166 Å². The summed E-state index contributed by atoms with van der Waals surface area (Å²) in [4.78, 5) is 26.3. The van der Waals surface area contributed by atoms with Gasteiger partial charge in [0.2, 0.25) is 0 Å². The van der Waals surface area contributed by atoms with Crippen molar-refractivity contribution in [2.45, 2.75) is 32.8 Å². The third-order valence-electron chi connectivity index (χ3n) is 4.74. The van der Waals surface area contributed by atoms with Crippen LogP contribution >= 0.6 is 0 Å². The van der Waals surface area contributed by atoms with Gasteiger partial charge in [0.25, 0.3) is 5.91 Å². The highest BCUT2D eigenvalue weighted by Crippen LogP contribution is 2.20. The van der Waals surface area contributed by atoms with E-state index in [0.29, 0.717) is 25.2 Å². The van der Waals surface area contributed by atoms with Crippen LogP contribution in [0.3, 0.4) is 0 Å². The molecule has 0 spiro atoms. The third kappa shape index (κ3) is 5.35. The van der Waals surface area contributed by atoms with Gasteiger partial charge in [0.15, 0.2) is 0 Å². The summed E-state index contributed by atoms with van der Waals surface area (Å²) in [7, 11) is 0. The van der Waals surface area contributed by atoms with E-state index in [9.17, 15) is 9.59 Å². The lowest BCUT2D eigenvalue weighted by atomic mass is 10.0. The van der Waals surface area contributed by atoms with Crippen LogP contribution in [0.15, 0.2) is 54.6 Å². The van der Waals surface area contributed by atoms with Crippen LogP contribution in [0.5, 0.6) is 0 Å². The molecular weight excluding hydrogens is 352 g/mol. The minimum atomic E-state index is -0.491. The maximum absolute atomic E-state index is 12.4. The number of likely N-dealkylation sites (tertiary alicyclic amines) is 1. The SMILES string of the molecule is CC(C)(C)OC(=O)N1CCC(CNC(=O)c2ccc(-c3ccccc3)cc2)C1. The first kappa shape index (κ1) is 19.9. The van der Waals surface area contributed by atoms with Crippen molar-refractivity contribution in [3.63, 3.8) is 0 Å². The fourth-order valence-electron chi connectivity index (χ4n) is 3.28. The van der Waals surface area contributed by atoms with Crippen molar-refractivity contribution in [3.8, 4) is 11.1 Å². The van der Waals surface area contributed by atoms with Crippen LogP contribution in [0.4, 0.5) is 4.79 Å². The zero-order valence-corrected chi connectivity index (χ0v) is 16.8. The molecule has 28 heavy (non-hydrogen) atoms. The molecule has 1 saturated heterocycles. The number of hydrogen-bond donors (Lipinski definition) is 1. The molecule has 2 amide bonds. The summed E-state index contributed by atoms with van der Waals surface area (Å²) in [5.74, 6) is 0.162. The molecular formula is C23H28N2O3. The first-order valence-corrected chi connectivity index (χ1v) is 9.73. The highest BCUT2D eigenvalue weighted by molar-refractivity contribution is 5.94. The maximum atomic E-state index is 12.4. The van der Waals surface area contributed by atoms with Gasteiger partial charge in [0, 0.05) is 25.2 Å². The fourth-order valence-corrected chi connectivity index (χ4v) is 3.28. The van der Waals surface area contributed by atoms with Crippen LogP contribution in [0.2, 0.25) is 0 Å². The lowest BCUT2D eigenvalue weighted by Crippen LogP contribution is -2.36. The Morgan fingerprint density at radius 2 is 1.68 bits per heavy atom. The highest BCUT2D eigenvalue weighted by Gasteiger charge is 2.29. The first-order chi connectivity index (χ1) is 13.3. The Bertz CT molecular complexity index is 810. The summed E-state index contributed by atoms with van der Waals surface area (Å²) in [6.45, 7) is 7.42. The molecule has 1 fully saturated rings. The van der Waals surface area contributed by atoms with E-state index >= 15 is 0 Å². The number of amides is 2. The zero-order valence-electron chi connectivity index (χ0n) is 16.8. The molecule has 1 N–H and O–H groups in total. The van der Waals surface area contributed by atoms with Gasteiger partial charge >= 0.3 is 6.09 Å². The molecule has 5 heteroatoms. The van der Waals surface area contributed by atoms with Gasteiger partial charge in [0.05, 0.1) is 0 Å². The molecule has 5 nitrogen and oxygen atoms in total. The minimum absolute atomic E-state index is 0.0877. The van der Waals surface area contributed by atoms with Gasteiger partial charge in [0.1, 0.15) is 5.60 Å². The predicted molar refractivity (Wildman–Crippen MR) is 110 cm³/mol. The van der Waals surface area contributed by atoms with Crippen LogP contribution in [0.25, 0.3) is 11.1 Å². The fraction of sp³-hybridized carbons (Fsp3) is 0.391. The Balaban J connectivity index is 1.49. The molecule has 148 valence electrons. The van der Waals surface area contributed by atoms with E-state index in [4.69, 9.17) is 4.74 Å². The van der Waals surface area contributed by atoms with Gasteiger partial charge in [-0.3, -0.25) is 4.79 Å². The van der Waals surface area contributed by atoms with Crippen molar-refractivity contribution in [3.05, 3.63) is 60.2 Å². The van der Waals surface area contributed by atoms with Crippen molar-refractivity contribution in [1.29, 1.82) is 0 Å². The van der Waals surface area contributed by atoms with Gasteiger partial charge in [-0.2, -0.15) is 0 Å². The van der Waals surface area contributed by atoms with Crippen molar-refractivity contribution < 1.29 is 14.3 Å². The number of carbonyl (C=O) groups excluding carboxylic acids is 2. The number of carbonyl (C=O) groups is 2. The summed E-state index contributed by atoms with van der Waals surface area (Å²) in [5.41, 5.74) is 2.36. The molecule has 1 aliphatic heterocycles. The Hall–Kier alpha value is -2.82. The Morgan fingerprint density at radius 1 is 1.04 bits per heavy atom. The van der Waals surface area contributed by atoms with E-state index in [-0.39, 0.29) is 17.9 Å². The molecule has 1 heterocycles. The molecule has 0 aromatic heterocycles. The molecule has 2 aromatic rings. The van der Waals surface area contributed by atoms with Crippen molar-refractivity contribution in [2.75, 3.05) is 19.6 Å². The minimum Gasteiger partial charge on any atom is -0.444 e. The van der Waals surface area contributed by atoms with E-state index in [1.807, 2.05) is 75.4 Å². The molecule has 1 unspecified atom stereocenters. The van der Waals surface area contributed by atoms with Crippen LogP contribution in [0.1, 0.15) is 37.6 Å². The molecule has 0 aliphatic carbocycles. The van der Waals surface area contributed by atoms with Gasteiger partial charge in [-0.15, -0.1) is 0 Å². The molecule has 3 rings (SSSR count). The van der Waals surface area contributed by atoms with Crippen LogP contribution in [0, 0.1) is 5.92 Å². The number of nitrogens with zero attached hydrogens (tertiary/aromatic N) is 1. The predicted octanol–water partition coefficient (Wildman–Crippen LogP) is 4.34. The highest BCUT2D eigenvalue weighted by atomic mass is 16.6. The summed E-state index contributed by atoms with van der Waals surface area (Å²) in [5, 5.41) is 2.99. The smallest absolute Gasteiger partial charge is 0.410 e. The molecule has 0 saturated carbocycles. The van der Waals surface area contributed by atoms with E-state index in [2.05, 4.69) is 5.32 Å². The number of ether oxygens (including phenoxy) is 1. The first-order valence-electron chi connectivity index (χ1n) is 9.73. The van der Waals surface area contributed by atoms with E-state index in [0.717, 1.165) is 17.5 Å². The number of benzene rings is 2. The molecule has 0 bridgehead atoms. The zero-order chi connectivity index (χ0) is 20.1. The second-order valence-corrected chi connectivity index (χ2v) is 8.23. The number of hydrogen-bond acceptors (Lipinski definition) is 3. The van der Waals surface area contributed by atoms with Crippen LogP contribution < -0.4 is 5.32 Å². The maximum Gasteiger partial charge on any atom is 0.410 e. The molecule has 1 atom stereocenters. The van der Waals surface area contributed by atoms with Crippen molar-refractivity contribution in [2.24, 2.45) is 5.92 Å². The number of nitrogens with one attached hydrogen (secondary N) is 1. The molecule has 2 aromatic carbocycles. The Kier molecular flexibility index (Phi) is 6.02. The summed E-state index contributed by atoms with van der Waals surface area (Å²) >= 11 is 0. The largest absolute Gasteiger partial charge is 0.444 e. The normalized spacial score (nSPS) is 16.7. The van der Waals surface area contributed by atoms with E-state index in [1.165, 1.54) is 0 Å². The van der Waals surface area contributed by atoms with Gasteiger partial charge < -0.3 is 15.0 Å². The monoisotopic (exact) mass is 380 g/mol. The summed E-state index contributed by atoms with van der Waals surface area (Å²) < 4.78 is 5.41. The van der Waals surface area contributed by atoms with Crippen molar-refractivity contribution >= 4 is 12.0 Å². The summed E-state index contributed by atoms with van der Waals surface area (Å²) in [6.07, 6.45) is 0.588. The average molecular weight is 380 g/mol. The van der Waals surface area contributed by atoms with E-state index < -0.39 is 5.60 Å². The van der Waals surface area contributed by atoms with E-state index in [1.54, 1.807) is 4.90 Å². The number of rotatable bonds is 4. The molecule has 0 radical (unpaired) electrons.